The summed E-state index contributed by atoms with van der Waals surface area (Å²) in [4.78, 5) is 16.3. The highest BCUT2D eigenvalue weighted by Gasteiger charge is 2.24. The number of nitrogen functional groups attached to an aromatic ring is 1. The molecule has 1 saturated heterocycles. The largest absolute Gasteiger partial charge is 0.395 e. The van der Waals surface area contributed by atoms with Crippen molar-refractivity contribution >= 4 is 28.3 Å². The molecule has 20 heavy (non-hydrogen) atoms. The van der Waals surface area contributed by atoms with Crippen LogP contribution in [0.15, 0.2) is 0 Å². The lowest BCUT2D eigenvalue weighted by Gasteiger charge is -2.22. The number of carbonyl (C=O) groups is 1. The molecule has 2 rings (SSSR count). The molecule has 0 saturated carbocycles. The molecule has 8 heteroatoms. The van der Waals surface area contributed by atoms with E-state index in [-0.39, 0.29) is 12.5 Å². The van der Waals surface area contributed by atoms with Crippen LogP contribution in [0.4, 0.5) is 10.8 Å². The molecule has 1 fully saturated rings. The van der Waals surface area contributed by atoms with Gasteiger partial charge >= 0.3 is 0 Å². The summed E-state index contributed by atoms with van der Waals surface area (Å²) in [6, 6.07) is 0. The van der Waals surface area contributed by atoms with Gasteiger partial charge in [-0.05, 0) is 24.5 Å². The van der Waals surface area contributed by atoms with E-state index in [9.17, 15) is 4.79 Å². The predicted octanol–water partition coefficient (Wildman–Crippen LogP) is -0.411. The molecule has 7 nitrogen and oxygen atoms in total. The van der Waals surface area contributed by atoms with E-state index in [1.54, 1.807) is 7.05 Å². The molecule has 112 valence electrons. The molecule has 0 radical (unpaired) electrons. The van der Waals surface area contributed by atoms with Crippen LogP contribution in [0, 0.1) is 0 Å². The van der Waals surface area contributed by atoms with Crippen LogP contribution in [0.5, 0.6) is 0 Å². The Kier molecular flexibility index (Phi) is 5.16. The van der Waals surface area contributed by atoms with Gasteiger partial charge in [0.25, 0.3) is 5.91 Å². The maximum Gasteiger partial charge on any atom is 0.257 e. The number of nitrogens with one attached hydrogen (secondary N) is 1. The van der Waals surface area contributed by atoms with Crippen molar-refractivity contribution in [1.29, 1.82) is 0 Å². The van der Waals surface area contributed by atoms with Crippen molar-refractivity contribution in [3.8, 4) is 0 Å². The number of carbonyl (C=O) groups excluding carboxylic acids is 1. The third-order valence-corrected chi connectivity index (χ3v) is 4.37. The van der Waals surface area contributed by atoms with Gasteiger partial charge in [0.2, 0.25) is 0 Å². The number of hydrogen-bond donors (Lipinski definition) is 3. The summed E-state index contributed by atoms with van der Waals surface area (Å²) in [5.74, 6) is 0.100. The zero-order chi connectivity index (χ0) is 14.5. The molecule has 4 N–H and O–H groups in total. The van der Waals surface area contributed by atoms with Crippen LogP contribution in [0.3, 0.4) is 0 Å². The first-order chi connectivity index (χ1) is 9.67. The third kappa shape index (κ3) is 3.20. The van der Waals surface area contributed by atoms with Crippen molar-refractivity contribution in [2.24, 2.45) is 0 Å². The van der Waals surface area contributed by atoms with Crippen LogP contribution in [0.1, 0.15) is 16.8 Å². The van der Waals surface area contributed by atoms with Crippen LogP contribution < -0.4 is 16.0 Å². The number of rotatable bonds is 4. The van der Waals surface area contributed by atoms with Gasteiger partial charge in [-0.2, -0.15) is 4.37 Å². The van der Waals surface area contributed by atoms with E-state index in [1.165, 1.54) is 11.5 Å². The number of nitrogens with zero attached hydrogens (tertiary/aromatic N) is 3. The number of β-amino-alcohol motifs (C(OH)–C–C–N with tert-alkyl or cyclic N) is 1. The average Bonchev–Trinajstić information content (AvgIpc) is 2.68. The highest BCUT2D eigenvalue weighted by Crippen LogP contribution is 2.31. The summed E-state index contributed by atoms with van der Waals surface area (Å²) in [6.45, 7) is 4.38. The minimum Gasteiger partial charge on any atom is -0.395 e. The highest BCUT2D eigenvalue weighted by atomic mass is 32.1. The predicted molar refractivity (Wildman–Crippen MR) is 80.3 cm³/mol. The lowest BCUT2D eigenvalue weighted by Crippen LogP contribution is -2.33. The van der Waals surface area contributed by atoms with Gasteiger partial charge in [-0.1, -0.05) is 0 Å². The zero-order valence-electron chi connectivity index (χ0n) is 11.6. The Balaban J connectivity index is 2.14. The molecule has 1 amide bonds. The maximum absolute atomic E-state index is 11.9. The van der Waals surface area contributed by atoms with Crippen molar-refractivity contribution < 1.29 is 9.90 Å². The molecule has 0 spiro atoms. The smallest absolute Gasteiger partial charge is 0.257 e. The number of amides is 1. The van der Waals surface area contributed by atoms with Crippen LogP contribution >= 0.6 is 11.5 Å². The van der Waals surface area contributed by atoms with Gasteiger partial charge in [0.1, 0.15) is 10.6 Å². The SMILES string of the molecule is CNC(=O)c1c(N)nsc1N1CCCN(CCO)CC1. The number of hydrogen-bond acceptors (Lipinski definition) is 7. The Morgan fingerprint density at radius 2 is 2.25 bits per heavy atom. The molecular formula is C12H21N5O2S. The first kappa shape index (κ1) is 15.0. The lowest BCUT2D eigenvalue weighted by atomic mass is 10.2. The Hall–Kier alpha value is -1.38. The molecule has 1 aromatic rings. The standard InChI is InChI=1S/C12H21N5O2S/c1-14-11(19)9-10(13)15-20-12(9)17-4-2-3-16(5-6-17)7-8-18/h18H,2-8H2,1H3,(H2,13,15)(H,14,19). The van der Waals surface area contributed by atoms with E-state index in [1.807, 2.05) is 0 Å². The quantitative estimate of drug-likeness (QED) is 0.699. The zero-order valence-corrected chi connectivity index (χ0v) is 12.4. The van der Waals surface area contributed by atoms with Crippen molar-refractivity contribution in [1.82, 2.24) is 14.6 Å². The molecular weight excluding hydrogens is 278 g/mol. The second-order valence-corrected chi connectivity index (χ2v) is 5.48. The van der Waals surface area contributed by atoms with Crippen LogP contribution in [0.25, 0.3) is 0 Å². The van der Waals surface area contributed by atoms with E-state index in [0.717, 1.165) is 37.6 Å². The highest BCUT2D eigenvalue weighted by molar-refractivity contribution is 7.11. The molecule has 1 aromatic heterocycles. The van der Waals surface area contributed by atoms with Crippen molar-refractivity contribution in [3.05, 3.63) is 5.56 Å². The van der Waals surface area contributed by atoms with Crippen LogP contribution in [0.2, 0.25) is 0 Å². The average molecular weight is 299 g/mol. The summed E-state index contributed by atoms with van der Waals surface area (Å²) in [5.41, 5.74) is 6.29. The van der Waals surface area contributed by atoms with Crippen molar-refractivity contribution in [2.45, 2.75) is 6.42 Å². The van der Waals surface area contributed by atoms with Crippen molar-refractivity contribution in [2.75, 3.05) is 57.0 Å². The molecule has 1 aliphatic heterocycles. The number of aromatic nitrogens is 1. The Morgan fingerprint density at radius 3 is 2.95 bits per heavy atom. The molecule has 1 aliphatic rings. The van der Waals surface area contributed by atoms with Crippen LogP contribution in [-0.4, -0.2) is 66.7 Å². The van der Waals surface area contributed by atoms with Gasteiger partial charge in [0.15, 0.2) is 5.82 Å². The molecule has 0 aromatic carbocycles. The van der Waals surface area contributed by atoms with E-state index in [0.29, 0.717) is 17.9 Å². The third-order valence-electron chi connectivity index (χ3n) is 3.45. The van der Waals surface area contributed by atoms with Crippen LogP contribution in [-0.2, 0) is 0 Å². The second-order valence-electron chi connectivity index (χ2n) is 4.73. The minimum atomic E-state index is -0.192. The summed E-state index contributed by atoms with van der Waals surface area (Å²) in [5, 5.41) is 12.5. The van der Waals surface area contributed by atoms with E-state index in [4.69, 9.17) is 10.8 Å². The molecule has 0 bridgehead atoms. The number of anilines is 2. The van der Waals surface area contributed by atoms with Gasteiger partial charge in [-0.3, -0.25) is 9.69 Å². The number of nitrogens with two attached hydrogens (primary N) is 1. The first-order valence-corrected chi connectivity index (χ1v) is 7.50. The summed E-state index contributed by atoms with van der Waals surface area (Å²) < 4.78 is 4.11. The Bertz CT molecular complexity index is 465. The van der Waals surface area contributed by atoms with Gasteiger partial charge in [0.05, 0.1) is 6.61 Å². The number of aliphatic hydroxyl groups is 1. The normalized spacial score (nSPS) is 17.0. The van der Waals surface area contributed by atoms with Crippen molar-refractivity contribution in [3.63, 3.8) is 0 Å². The second kappa shape index (κ2) is 6.87. The molecule has 0 aliphatic carbocycles. The fourth-order valence-corrected chi connectivity index (χ4v) is 3.25. The van der Waals surface area contributed by atoms with Gasteiger partial charge in [-0.15, -0.1) is 0 Å². The summed E-state index contributed by atoms with van der Waals surface area (Å²) >= 11 is 1.27. The monoisotopic (exact) mass is 299 g/mol. The first-order valence-electron chi connectivity index (χ1n) is 6.72. The Morgan fingerprint density at radius 1 is 1.45 bits per heavy atom. The number of aliphatic hydroxyl groups excluding tert-OH is 1. The summed E-state index contributed by atoms with van der Waals surface area (Å²) in [7, 11) is 1.59. The fraction of sp³-hybridized carbons (Fsp3) is 0.667. The van der Waals surface area contributed by atoms with E-state index in [2.05, 4.69) is 19.5 Å². The lowest BCUT2D eigenvalue weighted by molar-refractivity contribution is 0.0964. The van der Waals surface area contributed by atoms with E-state index < -0.39 is 0 Å². The van der Waals surface area contributed by atoms with Gasteiger partial charge in [0, 0.05) is 33.2 Å². The molecule has 0 atom stereocenters. The maximum atomic E-state index is 11.9. The minimum absolute atomic E-state index is 0.178. The fourth-order valence-electron chi connectivity index (χ4n) is 2.39. The molecule has 2 heterocycles. The Labute approximate surface area is 122 Å². The van der Waals surface area contributed by atoms with Gasteiger partial charge in [-0.25, -0.2) is 0 Å². The molecule has 0 unspecified atom stereocenters. The topological polar surface area (TPSA) is 94.7 Å². The van der Waals surface area contributed by atoms with E-state index >= 15 is 0 Å². The van der Waals surface area contributed by atoms with Gasteiger partial charge < -0.3 is 21.1 Å². The summed E-state index contributed by atoms with van der Waals surface area (Å²) in [6.07, 6.45) is 0.991.